The maximum absolute atomic E-state index is 14.3. The first-order valence-electron chi connectivity index (χ1n) is 11.1. The van der Waals surface area contributed by atoms with Crippen LogP contribution in [0.4, 0.5) is 17.6 Å². The van der Waals surface area contributed by atoms with Crippen LogP contribution in [0.15, 0.2) is 41.3 Å². The van der Waals surface area contributed by atoms with Crippen LogP contribution in [0.25, 0.3) is 17.3 Å². The Hall–Kier alpha value is -2.59. The lowest BCUT2D eigenvalue weighted by Gasteiger charge is -2.10. The summed E-state index contributed by atoms with van der Waals surface area (Å²) in [6, 6.07) is 6.69. The van der Waals surface area contributed by atoms with Crippen LogP contribution in [0.3, 0.4) is 0 Å². The maximum Gasteiger partial charge on any atom is 0.416 e. The first kappa shape index (κ1) is 27.0. The fourth-order valence-corrected chi connectivity index (χ4v) is 5.23. The van der Waals surface area contributed by atoms with Crippen molar-refractivity contribution in [3.05, 3.63) is 58.4 Å². The number of hydrogen-bond donors (Lipinski definition) is 1. The van der Waals surface area contributed by atoms with Crippen molar-refractivity contribution in [1.29, 1.82) is 0 Å². The average molecular weight is 526 g/mol. The highest BCUT2D eigenvalue weighted by molar-refractivity contribution is 8.27. The monoisotopic (exact) mass is 525 g/mol. The van der Waals surface area contributed by atoms with E-state index in [0.29, 0.717) is 33.7 Å². The number of carbonyl (C=O) groups is 2. The van der Waals surface area contributed by atoms with Crippen molar-refractivity contribution >= 4 is 46.0 Å². The molecular formula is C25H23F4NO3S2. The molecule has 35 heavy (non-hydrogen) atoms. The van der Waals surface area contributed by atoms with Gasteiger partial charge in [-0.1, -0.05) is 55.7 Å². The molecule has 2 heterocycles. The fraction of sp³-hybridized carbons (Fsp3) is 0.360. The van der Waals surface area contributed by atoms with Crippen molar-refractivity contribution in [2.24, 2.45) is 5.92 Å². The maximum atomic E-state index is 14.3. The molecule has 10 heteroatoms. The number of alkyl halides is 3. The van der Waals surface area contributed by atoms with Gasteiger partial charge >= 0.3 is 12.1 Å². The van der Waals surface area contributed by atoms with Gasteiger partial charge in [-0.05, 0) is 49.2 Å². The van der Waals surface area contributed by atoms with Gasteiger partial charge in [0.2, 0.25) is 0 Å². The van der Waals surface area contributed by atoms with Gasteiger partial charge in [-0.15, -0.1) is 0 Å². The largest absolute Gasteiger partial charge is 0.481 e. The number of carboxylic acids is 1. The topological polar surface area (TPSA) is 67.3 Å². The number of rotatable bonds is 10. The summed E-state index contributed by atoms with van der Waals surface area (Å²) in [5.41, 5.74) is -0.907. The molecule has 2 aromatic rings. The van der Waals surface area contributed by atoms with Gasteiger partial charge in [0.15, 0.2) is 5.78 Å². The number of halogens is 4. The molecule has 0 bridgehead atoms. The van der Waals surface area contributed by atoms with Gasteiger partial charge in [-0.2, -0.15) is 13.2 Å². The molecule has 1 N–H and O–H groups in total. The van der Waals surface area contributed by atoms with Gasteiger partial charge in [0.1, 0.15) is 5.82 Å². The second-order valence-corrected chi connectivity index (χ2v) is 9.97. The normalized spacial score (nSPS) is 17.4. The molecule has 1 aliphatic rings. The number of ketones is 1. The molecule has 3 rings (SSSR count). The third kappa shape index (κ3) is 7.44. The lowest BCUT2D eigenvalue weighted by molar-refractivity contribution is -0.138. The number of carboxylic acid groups (broad SMARTS) is 1. The van der Waals surface area contributed by atoms with Crippen molar-refractivity contribution in [3.63, 3.8) is 0 Å². The van der Waals surface area contributed by atoms with Gasteiger partial charge in [0, 0.05) is 12.0 Å². The molecule has 0 aliphatic carbocycles. The summed E-state index contributed by atoms with van der Waals surface area (Å²) in [5, 5.41) is 8.65. The Balaban J connectivity index is 1.67. The molecule has 1 fully saturated rings. The molecule has 1 aliphatic heterocycles. The number of allylic oxidation sites excluding steroid dienone is 1. The molecule has 0 spiro atoms. The number of benzene rings is 1. The summed E-state index contributed by atoms with van der Waals surface area (Å²) in [4.78, 5) is 28.1. The van der Waals surface area contributed by atoms with Gasteiger partial charge < -0.3 is 5.11 Å². The number of pyridine rings is 1. The minimum Gasteiger partial charge on any atom is -0.481 e. The van der Waals surface area contributed by atoms with Crippen molar-refractivity contribution in [3.8, 4) is 11.3 Å². The lowest BCUT2D eigenvalue weighted by atomic mass is 9.97. The van der Waals surface area contributed by atoms with E-state index in [-0.39, 0.29) is 23.5 Å². The van der Waals surface area contributed by atoms with Crippen molar-refractivity contribution in [1.82, 2.24) is 4.98 Å². The van der Waals surface area contributed by atoms with Crippen molar-refractivity contribution in [2.45, 2.75) is 51.1 Å². The second-order valence-electron chi connectivity index (χ2n) is 8.19. The van der Waals surface area contributed by atoms with Gasteiger partial charge in [0.25, 0.3) is 0 Å². The van der Waals surface area contributed by atoms with E-state index in [0.717, 1.165) is 37.8 Å². The molecule has 186 valence electrons. The number of unbranched alkanes of at least 4 members (excludes halogenated alkanes) is 4. The Morgan fingerprint density at radius 2 is 1.83 bits per heavy atom. The van der Waals surface area contributed by atoms with Crippen LogP contribution in [-0.2, 0) is 15.8 Å². The number of aliphatic carboxylic acids is 1. The number of hydrogen-bond acceptors (Lipinski definition) is 5. The summed E-state index contributed by atoms with van der Waals surface area (Å²) in [7, 11) is 0. The smallest absolute Gasteiger partial charge is 0.416 e. The third-order valence-corrected chi connectivity index (χ3v) is 7.12. The van der Waals surface area contributed by atoms with E-state index in [4.69, 9.17) is 17.3 Å². The SMILES string of the molecule is O=C(O)CCCCCCCC1C(=O)/C(=C/c2cccc(-c3cc(C(F)(F)F)ccc3F)n2)SC1=S. The van der Waals surface area contributed by atoms with E-state index in [1.54, 1.807) is 12.1 Å². The standard InChI is InChI=1S/C25H23F4NO3S2/c26-19-12-11-15(25(27,28)29)13-18(19)20-9-6-7-16(30-20)14-21-23(33)17(24(34)35-21)8-4-2-1-3-5-10-22(31)32/h6-7,9,11-14,17H,1-5,8,10H2,(H,31,32)/b21-14-. The van der Waals surface area contributed by atoms with Crippen LogP contribution >= 0.6 is 24.0 Å². The third-order valence-electron chi connectivity index (χ3n) is 5.56. The van der Waals surface area contributed by atoms with Gasteiger partial charge in [0.05, 0.1) is 32.0 Å². The highest BCUT2D eigenvalue weighted by Crippen LogP contribution is 2.39. The van der Waals surface area contributed by atoms with E-state index >= 15 is 0 Å². The van der Waals surface area contributed by atoms with E-state index < -0.39 is 29.4 Å². The summed E-state index contributed by atoms with van der Waals surface area (Å²) in [5.74, 6) is -2.15. The first-order chi connectivity index (χ1) is 16.6. The van der Waals surface area contributed by atoms with Crippen LogP contribution in [0.5, 0.6) is 0 Å². The Bertz CT molecular complexity index is 1150. The quantitative estimate of drug-likeness (QED) is 0.152. The molecule has 0 amide bonds. The Morgan fingerprint density at radius 3 is 2.54 bits per heavy atom. The number of Topliss-reactive ketones (excluding diaryl/α,β-unsaturated/α-hetero) is 1. The average Bonchev–Trinajstić information content (AvgIpc) is 3.05. The molecule has 1 aromatic carbocycles. The van der Waals surface area contributed by atoms with E-state index in [1.165, 1.54) is 23.9 Å². The number of carbonyl (C=O) groups excluding carboxylic acids is 1. The highest BCUT2D eigenvalue weighted by atomic mass is 32.2. The van der Waals surface area contributed by atoms with E-state index in [2.05, 4.69) is 4.98 Å². The van der Waals surface area contributed by atoms with Crippen molar-refractivity contribution in [2.75, 3.05) is 0 Å². The zero-order valence-electron chi connectivity index (χ0n) is 18.6. The zero-order chi connectivity index (χ0) is 25.6. The predicted octanol–water partition coefficient (Wildman–Crippen LogP) is 7.32. The first-order valence-corrected chi connectivity index (χ1v) is 12.3. The number of thioether (sulfide) groups is 1. The molecule has 1 atom stereocenters. The van der Waals surface area contributed by atoms with Crippen LogP contribution in [0, 0.1) is 11.7 Å². The Labute approximate surface area is 209 Å². The minimum absolute atomic E-state index is 0.0282. The summed E-state index contributed by atoms with van der Waals surface area (Å²) in [6.07, 6.45) is 1.69. The minimum atomic E-state index is -4.61. The second kappa shape index (κ2) is 11.9. The molecule has 1 unspecified atom stereocenters. The van der Waals surface area contributed by atoms with Crippen LogP contribution in [0.1, 0.15) is 56.2 Å². The number of nitrogens with zero attached hydrogens (tertiary/aromatic N) is 1. The molecule has 4 nitrogen and oxygen atoms in total. The van der Waals surface area contributed by atoms with Crippen LogP contribution < -0.4 is 0 Å². The highest BCUT2D eigenvalue weighted by Gasteiger charge is 2.35. The van der Waals surface area contributed by atoms with E-state index in [9.17, 15) is 27.2 Å². The van der Waals surface area contributed by atoms with Crippen LogP contribution in [0.2, 0.25) is 0 Å². The molecule has 1 saturated heterocycles. The lowest BCUT2D eigenvalue weighted by Crippen LogP contribution is -2.13. The van der Waals surface area contributed by atoms with Gasteiger partial charge in [-0.3, -0.25) is 9.59 Å². The van der Waals surface area contributed by atoms with Gasteiger partial charge in [-0.25, -0.2) is 9.37 Å². The summed E-state index contributed by atoms with van der Waals surface area (Å²) >= 11 is 6.56. The molecule has 1 aromatic heterocycles. The summed E-state index contributed by atoms with van der Waals surface area (Å²) in [6.45, 7) is 0. The molecule has 0 saturated carbocycles. The zero-order valence-corrected chi connectivity index (χ0v) is 20.2. The van der Waals surface area contributed by atoms with Crippen LogP contribution in [-0.4, -0.2) is 26.0 Å². The van der Waals surface area contributed by atoms with E-state index in [1.807, 2.05) is 0 Å². The number of thiocarbonyl (C=S) groups is 1. The number of aromatic nitrogens is 1. The predicted molar refractivity (Wildman–Crippen MR) is 131 cm³/mol. The molecular weight excluding hydrogens is 502 g/mol. The summed E-state index contributed by atoms with van der Waals surface area (Å²) < 4.78 is 54.0. The molecule has 0 radical (unpaired) electrons. The van der Waals surface area contributed by atoms with Crippen molar-refractivity contribution < 1.29 is 32.3 Å². The Kier molecular flexibility index (Phi) is 9.18. The Morgan fingerprint density at radius 1 is 1.11 bits per heavy atom. The fourth-order valence-electron chi connectivity index (χ4n) is 3.73.